The normalized spacial score (nSPS) is 20.6. The van der Waals surface area contributed by atoms with E-state index in [1.54, 1.807) is 0 Å². The molecule has 0 spiro atoms. The first kappa shape index (κ1) is 16.7. The fraction of sp³-hybridized carbons (Fsp3) is 0.917. The van der Waals surface area contributed by atoms with E-state index in [2.05, 4.69) is 16.7 Å². The summed E-state index contributed by atoms with van der Waals surface area (Å²) in [5, 5.41) is 0. The standard InChI is InChI=1S/C7H15NOS.C5H10O2/c1-8-4-3-7(5-8)6-9-10-2;1-5(2,3)7-4-6/h7H,3-6H2,1-2H3;4H,1-3H3. The lowest BCUT2D eigenvalue weighted by atomic mass is 10.1. The van der Waals surface area contributed by atoms with Crippen LogP contribution in [0.2, 0.25) is 0 Å². The van der Waals surface area contributed by atoms with Crippen molar-refractivity contribution in [2.75, 3.05) is 33.0 Å². The van der Waals surface area contributed by atoms with Crippen LogP contribution in [0.5, 0.6) is 0 Å². The Hall–Kier alpha value is -0.260. The molecule has 1 aliphatic heterocycles. The molecule has 0 bridgehead atoms. The first-order valence-corrected chi connectivity index (χ1v) is 6.99. The van der Waals surface area contributed by atoms with Crippen LogP contribution in [0.4, 0.5) is 0 Å². The Kier molecular flexibility index (Phi) is 8.64. The van der Waals surface area contributed by atoms with Crippen LogP contribution in [0, 0.1) is 5.92 Å². The summed E-state index contributed by atoms with van der Waals surface area (Å²) in [5.74, 6) is 0.775. The van der Waals surface area contributed by atoms with Gasteiger partial charge in [-0.25, -0.2) is 0 Å². The molecule has 0 aliphatic carbocycles. The number of ether oxygens (including phenoxy) is 1. The molecule has 1 aliphatic rings. The van der Waals surface area contributed by atoms with Crippen molar-refractivity contribution in [1.82, 2.24) is 4.90 Å². The van der Waals surface area contributed by atoms with Gasteiger partial charge >= 0.3 is 0 Å². The van der Waals surface area contributed by atoms with Gasteiger partial charge in [-0.3, -0.25) is 4.79 Å². The van der Waals surface area contributed by atoms with Crippen molar-refractivity contribution in [3.8, 4) is 0 Å². The minimum absolute atomic E-state index is 0.318. The second-order valence-corrected chi connectivity index (χ2v) is 5.76. The highest BCUT2D eigenvalue weighted by Crippen LogP contribution is 2.15. The second kappa shape index (κ2) is 8.78. The van der Waals surface area contributed by atoms with Gasteiger partial charge in [0.1, 0.15) is 5.60 Å². The van der Waals surface area contributed by atoms with Crippen molar-refractivity contribution >= 4 is 18.5 Å². The third kappa shape index (κ3) is 10.6. The minimum atomic E-state index is -0.318. The van der Waals surface area contributed by atoms with Crippen LogP contribution in [0.15, 0.2) is 0 Å². The number of carbonyl (C=O) groups is 1. The van der Waals surface area contributed by atoms with Crippen LogP contribution in [-0.4, -0.2) is 50.0 Å². The van der Waals surface area contributed by atoms with Gasteiger partial charge in [-0.2, -0.15) is 0 Å². The van der Waals surface area contributed by atoms with Gasteiger partial charge in [-0.15, -0.1) is 0 Å². The van der Waals surface area contributed by atoms with E-state index in [1.165, 1.54) is 31.6 Å². The number of carbonyl (C=O) groups excluding carboxylic acids is 1. The topological polar surface area (TPSA) is 38.8 Å². The summed E-state index contributed by atoms with van der Waals surface area (Å²) in [5.41, 5.74) is -0.318. The monoisotopic (exact) mass is 263 g/mol. The lowest BCUT2D eigenvalue weighted by Gasteiger charge is -2.14. The first-order chi connectivity index (χ1) is 7.89. The molecule has 4 nitrogen and oxygen atoms in total. The van der Waals surface area contributed by atoms with Crippen molar-refractivity contribution < 1.29 is 13.7 Å². The lowest BCUT2D eigenvalue weighted by Crippen LogP contribution is -2.17. The molecule has 1 atom stereocenters. The van der Waals surface area contributed by atoms with Crippen molar-refractivity contribution in [1.29, 1.82) is 0 Å². The van der Waals surface area contributed by atoms with Crippen molar-refractivity contribution in [3.63, 3.8) is 0 Å². The Morgan fingerprint density at radius 2 is 2.12 bits per heavy atom. The Morgan fingerprint density at radius 1 is 1.47 bits per heavy atom. The third-order valence-corrected chi connectivity index (χ3v) is 2.68. The molecule has 102 valence electrons. The van der Waals surface area contributed by atoms with E-state index in [4.69, 9.17) is 4.18 Å². The third-order valence-electron chi connectivity index (χ3n) is 2.31. The quantitative estimate of drug-likeness (QED) is 0.574. The Labute approximate surface area is 109 Å². The number of rotatable bonds is 4. The van der Waals surface area contributed by atoms with Crippen LogP contribution < -0.4 is 0 Å². The van der Waals surface area contributed by atoms with Gasteiger partial charge in [0.2, 0.25) is 0 Å². The van der Waals surface area contributed by atoms with Gasteiger partial charge < -0.3 is 13.8 Å². The molecule has 0 aromatic carbocycles. The second-order valence-electron chi connectivity index (χ2n) is 5.19. The first-order valence-electron chi connectivity index (χ1n) is 5.84. The highest BCUT2D eigenvalue weighted by molar-refractivity contribution is 7.93. The molecule has 1 heterocycles. The van der Waals surface area contributed by atoms with E-state index >= 15 is 0 Å². The molecule has 0 amide bonds. The molecule has 1 saturated heterocycles. The van der Waals surface area contributed by atoms with Gasteiger partial charge in [0.25, 0.3) is 6.47 Å². The summed E-state index contributed by atoms with van der Waals surface area (Å²) in [4.78, 5) is 12.0. The Balaban J connectivity index is 0.000000325. The summed E-state index contributed by atoms with van der Waals surface area (Å²) < 4.78 is 9.80. The van der Waals surface area contributed by atoms with Gasteiger partial charge in [0.15, 0.2) is 0 Å². The van der Waals surface area contributed by atoms with Crippen molar-refractivity contribution in [3.05, 3.63) is 0 Å². The largest absolute Gasteiger partial charge is 0.462 e. The molecule has 0 N–H and O–H groups in total. The number of hydrogen-bond donors (Lipinski definition) is 0. The predicted octanol–water partition coefficient (Wildman–Crippen LogP) is 2.19. The summed E-state index contributed by atoms with van der Waals surface area (Å²) in [6, 6.07) is 0. The SMILES string of the molecule is CC(C)(C)OC=O.CSOCC1CCN(C)C1. The molecule has 0 aromatic rings. The van der Waals surface area contributed by atoms with E-state index in [9.17, 15) is 4.79 Å². The molecule has 1 rings (SSSR count). The summed E-state index contributed by atoms with van der Waals surface area (Å²) in [6.45, 7) is 9.29. The number of likely N-dealkylation sites (tertiary alicyclic amines) is 1. The highest BCUT2D eigenvalue weighted by Gasteiger charge is 2.18. The minimum Gasteiger partial charge on any atom is -0.462 e. The summed E-state index contributed by atoms with van der Waals surface area (Å²) in [7, 11) is 2.17. The molecule has 5 heteroatoms. The predicted molar refractivity (Wildman–Crippen MR) is 72.0 cm³/mol. The zero-order chi connectivity index (χ0) is 13.3. The molecule has 0 saturated carbocycles. The molecular formula is C12H25NO3S. The average Bonchev–Trinajstić information content (AvgIpc) is 2.60. The fourth-order valence-electron chi connectivity index (χ4n) is 1.47. The van der Waals surface area contributed by atoms with E-state index in [0.717, 1.165) is 12.5 Å². The van der Waals surface area contributed by atoms with E-state index in [-0.39, 0.29) is 5.60 Å². The van der Waals surface area contributed by atoms with E-state index in [1.807, 2.05) is 27.0 Å². The fourth-order valence-corrected chi connectivity index (χ4v) is 1.80. The van der Waals surface area contributed by atoms with Gasteiger partial charge in [-0.05, 0) is 58.7 Å². The van der Waals surface area contributed by atoms with Crippen LogP contribution in [-0.2, 0) is 13.7 Å². The van der Waals surface area contributed by atoms with Crippen LogP contribution >= 0.6 is 12.0 Å². The number of nitrogens with zero attached hydrogens (tertiary/aromatic N) is 1. The number of hydrogen-bond acceptors (Lipinski definition) is 5. The zero-order valence-corrected chi connectivity index (χ0v) is 12.4. The smallest absolute Gasteiger partial charge is 0.293 e. The molecule has 0 radical (unpaired) electrons. The van der Waals surface area contributed by atoms with Gasteiger partial charge in [0.05, 0.1) is 6.61 Å². The average molecular weight is 263 g/mol. The highest BCUT2D eigenvalue weighted by atomic mass is 32.2. The molecule has 1 unspecified atom stereocenters. The maximum absolute atomic E-state index is 9.60. The Bertz CT molecular complexity index is 206. The van der Waals surface area contributed by atoms with Gasteiger partial charge in [0, 0.05) is 12.8 Å². The van der Waals surface area contributed by atoms with Crippen molar-refractivity contribution in [2.45, 2.75) is 32.8 Å². The maximum Gasteiger partial charge on any atom is 0.293 e. The van der Waals surface area contributed by atoms with E-state index in [0.29, 0.717) is 6.47 Å². The molecular weight excluding hydrogens is 238 g/mol. The van der Waals surface area contributed by atoms with Crippen LogP contribution in [0.3, 0.4) is 0 Å². The Morgan fingerprint density at radius 3 is 2.41 bits per heavy atom. The van der Waals surface area contributed by atoms with Crippen LogP contribution in [0.25, 0.3) is 0 Å². The van der Waals surface area contributed by atoms with Gasteiger partial charge in [-0.1, -0.05) is 0 Å². The summed E-state index contributed by atoms with van der Waals surface area (Å²) >= 11 is 1.47. The molecule has 1 fully saturated rings. The summed E-state index contributed by atoms with van der Waals surface area (Å²) in [6.07, 6.45) is 3.27. The molecule has 0 aromatic heterocycles. The van der Waals surface area contributed by atoms with Crippen LogP contribution in [0.1, 0.15) is 27.2 Å². The van der Waals surface area contributed by atoms with E-state index < -0.39 is 0 Å². The maximum atomic E-state index is 9.60. The lowest BCUT2D eigenvalue weighted by molar-refractivity contribution is -0.138. The molecule has 17 heavy (non-hydrogen) atoms. The zero-order valence-electron chi connectivity index (χ0n) is 11.6. The van der Waals surface area contributed by atoms with Crippen molar-refractivity contribution in [2.24, 2.45) is 5.92 Å².